The van der Waals surface area contributed by atoms with Crippen molar-refractivity contribution in [3.63, 3.8) is 0 Å². The molecule has 1 aliphatic heterocycles. The molecule has 19 heavy (non-hydrogen) atoms. The van der Waals surface area contributed by atoms with E-state index in [1.54, 1.807) is 0 Å². The van der Waals surface area contributed by atoms with E-state index in [0.717, 1.165) is 35.0 Å². The standard InChI is InChI=1S/C11H10N2O5S/c14-11-10-5-7(10)6-12(11)19(17,18)9-3-1-8(2-4-9)13(15)16/h1-4,7,10H,5-6H2. The Kier molecular flexibility index (Phi) is 2.40. The highest BCUT2D eigenvalue weighted by Gasteiger charge is 2.55. The predicted octanol–water partition coefficient (Wildman–Crippen LogP) is 0.762. The van der Waals surface area contributed by atoms with E-state index in [9.17, 15) is 23.3 Å². The number of sulfonamides is 1. The molecule has 1 amide bonds. The largest absolute Gasteiger partial charge is 0.273 e. The lowest BCUT2D eigenvalue weighted by Crippen LogP contribution is -2.34. The minimum atomic E-state index is -3.87. The molecule has 2 fully saturated rings. The normalized spacial score (nSPS) is 25.3. The quantitative estimate of drug-likeness (QED) is 0.602. The van der Waals surface area contributed by atoms with Gasteiger partial charge in [0, 0.05) is 24.6 Å². The third-order valence-corrected chi connectivity index (χ3v) is 5.30. The van der Waals surface area contributed by atoms with Crippen LogP contribution >= 0.6 is 0 Å². The Hall–Kier alpha value is -1.96. The van der Waals surface area contributed by atoms with E-state index >= 15 is 0 Å². The Bertz CT molecular complexity index is 667. The first-order valence-corrected chi connectivity index (χ1v) is 7.16. The first kappa shape index (κ1) is 12.1. The first-order valence-electron chi connectivity index (χ1n) is 5.72. The van der Waals surface area contributed by atoms with E-state index < -0.39 is 14.9 Å². The summed E-state index contributed by atoms with van der Waals surface area (Å²) < 4.78 is 25.3. The smallest absolute Gasteiger partial charge is 0.269 e. The van der Waals surface area contributed by atoms with Crippen LogP contribution in [-0.2, 0) is 14.8 Å². The van der Waals surface area contributed by atoms with E-state index in [2.05, 4.69) is 0 Å². The molecule has 7 nitrogen and oxygen atoms in total. The summed E-state index contributed by atoms with van der Waals surface area (Å²) in [6.45, 7) is 0.225. The second-order valence-electron chi connectivity index (χ2n) is 4.73. The van der Waals surface area contributed by atoms with Crippen molar-refractivity contribution in [2.45, 2.75) is 11.3 Å². The van der Waals surface area contributed by atoms with Crippen LogP contribution < -0.4 is 0 Å². The maximum absolute atomic E-state index is 12.2. The molecule has 1 saturated heterocycles. The Morgan fingerprint density at radius 1 is 1.26 bits per heavy atom. The molecular weight excluding hydrogens is 272 g/mol. The zero-order chi connectivity index (χ0) is 13.8. The van der Waals surface area contributed by atoms with Crippen LogP contribution in [-0.4, -0.2) is 30.1 Å². The fourth-order valence-corrected chi connectivity index (χ4v) is 3.82. The van der Waals surface area contributed by atoms with Gasteiger partial charge in [-0.15, -0.1) is 0 Å². The van der Waals surface area contributed by atoms with Crippen LogP contribution in [0.1, 0.15) is 6.42 Å². The van der Waals surface area contributed by atoms with Gasteiger partial charge in [-0.2, -0.15) is 0 Å². The minimum Gasteiger partial charge on any atom is -0.273 e. The van der Waals surface area contributed by atoms with Gasteiger partial charge in [-0.3, -0.25) is 14.9 Å². The van der Waals surface area contributed by atoms with Crippen LogP contribution in [0.3, 0.4) is 0 Å². The number of benzene rings is 1. The van der Waals surface area contributed by atoms with E-state index in [1.165, 1.54) is 0 Å². The summed E-state index contributed by atoms with van der Waals surface area (Å²) in [6, 6.07) is 4.55. The molecule has 0 aromatic heterocycles. The fraction of sp³-hybridized carbons (Fsp3) is 0.364. The number of nitro benzene ring substituents is 1. The molecule has 1 heterocycles. The lowest BCUT2D eigenvalue weighted by Gasteiger charge is -2.18. The van der Waals surface area contributed by atoms with Gasteiger partial charge >= 0.3 is 0 Å². The van der Waals surface area contributed by atoms with Crippen molar-refractivity contribution in [1.82, 2.24) is 4.31 Å². The monoisotopic (exact) mass is 282 g/mol. The maximum Gasteiger partial charge on any atom is 0.269 e. The van der Waals surface area contributed by atoms with Gasteiger partial charge in [0.15, 0.2) is 0 Å². The summed E-state index contributed by atoms with van der Waals surface area (Å²) in [5, 5.41) is 10.5. The number of hydrogen-bond donors (Lipinski definition) is 0. The molecule has 1 aromatic carbocycles. The molecule has 2 unspecified atom stereocenters. The Balaban J connectivity index is 1.92. The fourth-order valence-electron chi connectivity index (χ4n) is 2.32. The summed E-state index contributed by atoms with van der Waals surface area (Å²) in [5.74, 6) is -0.350. The highest BCUT2D eigenvalue weighted by Crippen LogP contribution is 2.47. The van der Waals surface area contributed by atoms with Crippen LogP contribution in [0.4, 0.5) is 5.69 Å². The van der Waals surface area contributed by atoms with E-state index in [4.69, 9.17) is 0 Å². The van der Waals surface area contributed by atoms with Crippen molar-refractivity contribution in [2.75, 3.05) is 6.54 Å². The van der Waals surface area contributed by atoms with Crippen LogP contribution in [0, 0.1) is 22.0 Å². The SMILES string of the molecule is O=C1C2CC2CN1S(=O)(=O)c1ccc([N+](=O)[O-])cc1. The van der Waals surface area contributed by atoms with Gasteiger partial charge in [0.1, 0.15) is 0 Å². The second kappa shape index (κ2) is 3.77. The van der Waals surface area contributed by atoms with Gasteiger partial charge in [-0.05, 0) is 24.5 Å². The average molecular weight is 282 g/mol. The van der Waals surface area contributed by atoms with Crippen LogP contribution in [0.5, 0.6) is 0 Å². The summed E-state index contributed by atoms with van der Waals surface area (Å²) in [6.07, 6.45) is 0.769. The number of carbonyl (C=O) groups excluding carboxylic acids is 1. The number of fused-ring (bicyclic) bond motifs is 1. The van der Waals surface area contributed by atoms with Crippen molar-refractivity contribution in [3.05, 3.63) is 34.4 Å². The van der Waals surface area contributed by atoms with E-state index in [-0.39, 0.29) is 34.9 Å². The topological polar surface area (TPSA) is 97.6 Å². The lowest BCUT2D eigenvalue weighted by atomic mass is 10.3. The number of hydrogen-bond acceptors (Lipinski definition) is 5. The molecule has 100 valence electrons. The number of nitrogens with zero attached hydrogens (tertiary/aromatic N) is 2. The van der Waals surface area contributed by atoms with Crippen molar-refractivity contribution < 1.29 is 18.1 Å². The molecule has 1 saturated carbocycles. The van der Waals surface area contributed by atoms with Gasteiger partial charge in [0.25, 0.3) is 15.7 Å². The highest BCUT2D eigenvalue weighted by atomic mass is 32.2. The zero-order valence-corrected chi connectivity index (χ0v) is 10.5. The van der Waals surface area contributed by atoms with Crippen LogP contribution in [0.25, 0.3) is 0 Å². The number of rotatable bonds is 3. The van der Waals surface area contributed by atoms with Gasteiger partial charge in [-0.1, -0.05) is 0 Å². The molecule has 0 radical (unpaired) electrons. The first-order chi connectivity index (χ1) is 8.91. The van der Waals surface area contributed by atoms with Gasteiger partial charge in [0.05, 0.1) is 9.82 Å². The summed E-state index contributed by atoms with van der Waals surface area (Å²) in [4.78, 5) is 21.6. The number of non-ortho nitro benzene ring substituents is 1. The predicted molar refractivity (Wildman–Crippen MR) is 63.6 cm³/mol. The Morgan fingerprint density at radius 3 is 2.37 bits per heavy atom. The molecule has 0 bridgehead atoms. The van der Waals surface area contributed by atoms with Gasteiger partial charge in [0.2, 0.25) is 5.91 Å². The Labute approximate surface area is 109 Å². The third kappa shape index (κ3) is 1.79. The third-order valence-electron chi connectivity index (χ3n) is 3.52. The second-order valence-corrected chi connectivity index (χ2v) is 6.59. The van der Waals surface area contributed by atoms with Crippen LogP contribution in [0.2, 0.25) is 0 Å². The average Bonchev–Trinajstić information content (AvgIpc) is 3.08. The van der Waals surface area contributed by atoms with Crippen molar-refractivity contribution in [1.29, 1.82) is 0 Å². The van der Waals surface area contributed by atoms with Crippen molar-refractivity contribution >= 4 is 21.6 Å². The molecular formula is C11H10N2O5S. The summed E-state index contributed by atoms with van der Waals surface area (Å²) in [5.41, 5.74) is -0.186. The maximum atomic E-state index is 12.2. The summed E-state index contributed by atoms with van der Waals surface area (Å²) in [7, 11) is -3.87. The van der Waals surface area contributed by atoms with Gasteiger partial charge in [-0.25, -0.2) is 12.7 Å². The number of nitro groups is 1. The van der Waals surface area contributed by atoms with Crippen molar-refractivity contribution in [3.8, 4) is 0 Å². The highest BCUT2D eigenvalue weighted by molar-refractivity contribution is 7.89. The number of amides is 1. The molecule has 8 heteroatoms. The zero-order valence-electron chi connectivity index (χ0n) is 9.72. The molecule has 3 rings (SSSR count). The molecule has 0 N–H and O–H groups in total. The lowest BCUT2D eigenvalue weighted by molar-refractivity contribution is -0.384. The minimum absolute atomic E-state index is 0.0900. The van der Waals surface area contributed by atoms with E-state index in [0.29, 0.717) is 0 Å². The molecule has 1 aromatic rings. The molecule has 0 spiro atoms. The number of carbonyl (C=O) groups is 1. The molecule has 2 aliphatic rings. The summed E-state index contributed by atoms with van der Waals surface area (Å²) >= 11 is 0. The van der Waals surface area contributed by atoms with Gasteiger partial charge < -0.3 is 0 Å². The molecule has 2 atom stereocenters. The number of piperidine rings is 1. The van der Waals surface area contributed by atoms with Crippen molar-refractivity contribution in [2.24, 2.45) is 11.8 Å². The molecule has 1 aliphatic carbocycles. The van der Waals surface area contributed by atoms with E-state index in [1.807, 2.05) is 0 Å². The van der Waals surface area contributed by atoms with Crippen LogP contribution in [0.15, 0.2) is 29.2 Å². The Morgan fingerprint density at radius 2 is 1.89 bits per heavy atom.